The van der Waals surface area contributed by atoms with Crippen LogP contribution in [-0.4, -0.2) is 9.91 Å². The fourth-order valence-corrected chi connectivity index (χ4v) is 1.70. The molecule has 0 aliphatic rings. The lowest BCUT2D eigenvalue weighted by atomic mass is 10.2. The number of pyridine rings is 1. The zero-order valence-electron chi connectivity index (χ0n) is 8.08. The second kappa shape index (κ2) is 3.03. The van der Waals surface area contributed by atoms with E-state index in [1.807, 2.05) is 0 Å². The van der Waals surface area contributed by atoms with Crippen LogP contribution < -0.4 is 0 Å². The number of fused-ring (bicyclic) bond motifs is 3. The lowest BCUT2D eigenvalue weighted by Crippen LogP contribution is -1.86. The molecule has 16 heavy (non-hydrogen) atoms. The second-order valence-electron chi connectivity index (χ2n) is 3.39. The Labute approximate surface area is 89.5 Å². The van der Waals surface area contributed by atoms with E-state index >= 15 is 0 Å². The lowest BCUT2D eigenvalue weighted by Gasteiger charge is -1.89. The van der Waals surface area contributed by atoms with Crippen LogP contribution >= 0.6 is 0 Å². The molecule has 1 aromatic carbocycles. The van der Waals surface area contributed by atoms with E-state index in [4.69, 9.17) is 4.42 Å². The summed E-state index contributed by atoms with van der Waals surface area (Å²) in [6, 6.07) is 8.07. The van der Waals surface area contributed by atoms with Gasteiger partial charge >= 0.3 is 0 Å². The van der Waals surface area contributed by atoms with Crippen molar-refractivity contribution >= 4 is 27.8 Å². The first-order valence-electron chi connectivity index (χ1n) is 4.67. The molecule has 3 aromatic rings. The first kappa shape index (κ1) is 8.84. The van der Waals surface area contributed by atoms with Gasteiger partial charge in [0.2, 0.25) is 0 Å². The van der Waals surface area contributed by atoms with E-state index in [0.717, 1.165) is 10.9 Å². The predicted octanol–water partition coefficient (Wildman–Crippen LogP) is 2.89. The number of benzene rings is 1. The molecule has 0 saturated heterocycles. The van der Waals surface area contributed by atoms with Crippen LogP contribution in [0.15, 0.2) is 40.9 Å². The van der Waals surface area contributed by atoms with Crippen molar-refractivity contribution in [2.45, 2.75) is 0 Å². The van der Waals surface area contributed by atoms with E-state index in [-0.39, 0.29) is 5.69 Å². The van der Waals surface area contributed by atoms with Crippen molar-refractivity contribution in [3.05, 3.63) is 46.6 Å². The third-order valence-corrected chi connectivity index (χ3v) is 2.42. The monoisotopic (exact) mass is 214 g/mol. The first-order chi connectivity index (χ1) is 7.75. The average molecular weight is 214 g/mol. The topological polar surface area (TPSA) is 69.2 Å². The van der Waals surface area contributed by atoms with Gasteiger partial charge in [-0.1, -0.05) is 0 Å². The number of non-ortho nitro benzene ring substituents is 1. The number of nitro benzene ring substituents is 1. The van der Waals surface area contributed by atoms with Crippen LogP contribution in [0.2, 0.25) is 0 Å². The number of aromatic nitrogens is 1. The predicted molar refractivity (Wildman–Crippen MR) is 58.2 cm³/mol. The van der Waals surface area contributed by atoms with Crippen LogP contribution in [0.4, 0.5) is 5.69 Å². The van der Waals surface area contributed by atoms with Gasteiger partial charge in [0.05, 0.1) is 11.0 Å². The first-order valence-corrected chi connectivity index (χ1v) is 4.67. The van der Waals surface area contributed by atoms with Gasteiger partial charge in [0.25, 0.3) is 5.69 Å². The maximum atomic E-state index is 10.6. The zero-order valence-corrected chi connectivity index (χ0v) is 8.08. The molecular formula is C11H6N2O3. The van der Waals surface area contributed by atoms with Gasteiger partial charge in [-0.25, -0.2) is 0 Å². The Kier molecular flexibility index (Phi) is 1.67. The minimum absolute atomic E-state index is 0.0200. The number of hydrogen-bond acceptors (Lipinski definition) is 4. The van der Waals surface area contributed by atoms with Crippen molar-refractivity contribution in [2.75, 3.05) is 0 Å². The van der Waals surface area contributed by atoms with Crippen LogP contribution in [0.5, 0.6) is 0 Å². The summed E-state index contributed by atoms with van der Waals surface area (Å²) in [5.41, 5.74) is 1.87. The molecule has 0 fully saturated rings. The van der Waals surface area contributed by atoms with Gasteiger partial charge in [0.15, 0.2) is 5.58 Å². The smallest absolute Gasteiger partial charge is 0.273 e. The molecule has 0 atom stereocenters. The number of furan rings is 1. The highest BCUT2D eigenvalue weighted by molar-refractivity contribution is 6.02. The van der Waals surface area contributed by atoms with E-state index in [2.05, 4.69) is 4.98 Å². The lowest BCUT2D eigenvalue weighted by molar-refractivity contribution is -0.384. The molecule has 0 unspecified atom stereocenters. The van der Waals surface area contributed by atoms with Crippen molar-refractivity contribution < 1.29 is 9.34 Å². The minimum atomic E-state index is -0.444. The third-order valence-electron chi connectivity index (χ3n) is 2.42. The Morgan fingerprint density at radius 2 is 2.12 bits per heavy atom. The van der Waals surface area contributed by atoms with Crippen LogP contribution in [0, 0.1) is 10.1 Å². The Morgan fingerprint density at radius 1 is 1.25 bits per heavy atom. The molecule has 2 heterocycles. The van der Waals surface area contributed by atoms with Crippen LogP contribution in [-0.2, 0) is 0 Å². The SMILES string of the molecule is O=[N+]([O-])c1ccc2c(c1)oc1cccnc12. The molecule has 0 N–H and O–H groups in total. The maximum absolute atomic E-state index is 10.6. The van der Waals surface area contributed by atoms with Gasteiger partial charge in [0, 0.05) is 17.6 Å². The van der Waals surface area contributed by atoms with Crippen molar-refractivity contribution in [1.29, 1.82) is 0 Å². The van der Waals surface area contributed by atoms with Gasteiger partial charge in [-0.15, -0.1) is 0 Å². The number of nitro groups is 1. The van der Waals surface area contributed by atoms with E-state index < -0.39 is 4.92 Å². The summed E-state index contributed by atoms with van der Waals surface area (Å²) >= 11 is 0. The Bertz CT molecular complexity index is 703. The molecule has 0 aliphatic carbocycles. The molecule has 0 saturated carbocycles. The fraction of sp³-hybridized carbons (Fsp3) is 0. The largest absolute Gasteiger partial charge is 0.454 e. The summed E-state index contributed by atoms with van der Waals surface area (Å²) in [6.45, 7) is 0. The van der Waals surface area contributed by atoms with E-state index in [1.54, 1.807) is 24.4 Å². The molecule has 0 amide bonds. The highest BCUT2D eigenvalue weighted by Crippen LogP contribution is 2.29. The van der Waals surface area contributed by atoms with Gasteiger partial charge in [-0.3, -0.25) is 15.1 Å². The van der Waals surface area contributed by atoms with Crippen molar-refractivity contribution in [1.82, 2.24) is 4.98 Å². The number of nitrogens with zero attached hydrogens (tertiary/aromatic N) is 2. The molecule has 0 spiro atoms. The second-order valence-corrected chi connectivity index (χ2v) is 3.39. The minimum Gasteiger partial charge on any atom is -0.454 e. The summed E-state index contributed by atoms with van der Waals surface area (Å²) in [7, 11) is 0. The van der Waals surface area contributed by atoms with Crippen molar-refractivity contribution in [3.8, 4) is 0 Å². The zero-order chi connectivity index (χ0) is 11.1. The maximum Gasteiger partial charge on any atom is 0.273 e. The molecule has 0 aliphatic heterocycles. The quantitative estimate of drug-likeness (QED) is 0.461. The standard InChI is InChI=1S/C11H6N2O3/c14-13(15)7-3-4-8-10(6-7)16-9-2-1-5-12-11(8)9/h1-6H. The summed E-state index contributed by atoms with van der Waals surface area (Å²) < 4.78 is 5.48. The highest BCUT2D eigenvalue weighted by atomic mass is 16.6. The Hall–Kier alpha value is -2.43. The van der Waals surface area contributed by atoms with Crippen molar-refractivity contribution in [3.63, 3.8) is 0 Å². The normalized spacial score (nSPS) is 11.0. The molecule has 0 bridgehead atoms. The third kappa shape index (κ3) is 1.15. The van der Waals surface area contributed by atoms with Gasteiger partial charge in [-0.2, -0.15) is 0 Å². The highest BCUT2D eigenvalue weighted by Gasteiger charge is 2.12. The van der Waals surface area contributed by atoms with E-state index in [9.17, 15) is 10.1 Å². The molecule has 5 heteroatoms. The summed E-state index contributed by atoms with van der Waals surface area (Å²) in [5.74, 6) is 0. The van der Waals surface area contributed by atoms with Gasteiger partial charge < -0.3 is 4.42 Å². The average Bonchev–Trinajstić information content (AvgIpc) is 2.66. The number of hydrogen-bond donors (Lipinski definition) is 0. The summed E-state index contributed by atoms with van der Waals surface area (Å²) in [5, 5.41) is 11.4. The van der Waals surface area contributed by atoms with Crippen LogP contribution in [0.3, 0.4) is 0 Å². The fourth-order valence-electron chi connectivity index (χ4n) is 1.70. The molecule has 3 rings (SSSR count). The molecule has 5 nitrogen and oxygen atoms in total. The van der Waals surface area contributed by atoms with E-state index in [0.29, 0.717) is 11.2 Å². The Morgan fingerprint density at radius 3 is 2.94 bits per heavy atom. The summed E-state index contributed by atoms with van der Waals surface area (Å²) in [6.07, 6.45) is 1.67. The van der Waals surface area contributed by atoms with Crippen LogP contribution in [0.1, 0.15) is 0 Å². The van der Waals surface area contributed by atoms with Crippen molar-refractivity contribution in [2.24, 2.45) is 0 Å². The molecule has 0 radical (unpaired) electrons. The molecular weight excluding hydrogens is 208 g/mol. The molecule has 2 aromatic heterocycles. The Balaban J connectivity index is 2.41. The van der Waals surface area contributed by atoms with Gasteiger partial charge in [0.1, 0.15) is 11.1 Å². The van der Waals surface area contributed by atoms with Crippen LogP contribution in [0.25, 0.3) is 22.1 Å². The van der Waals surface area contributed by atoms with E-state index in [1.165, 1.54) is 12.1 Å². The number of rotatable bonds is 1. The summed E-state index contributed by atoms with van der Waals surface area (Å²) in [4.78, 5) is 14.3. The molecule has 78 valence electrons. The van der Waals surface area contributed by atoms with Gasteiger partial charge in [-0.05, 0) is 18.2 Å².